The second-order valence-corrected chi connectivity index (χ2v) is 7.46. The molecule has 5 N–H and O–H groups in total. The van der Waals surface area contributed by atoms with Crippen LogP contribution in [0.5, 0.6) is 5.75 Å². The Labute approximate surface area is 202 Å². The third kappa shape index (κ3) is 5.67. The lowest BCUT2D eigenvalue weighted by Crippen LogP contribution is -2.19. The van der Waals surface area contributed by atoms with Crippen molar-refractivity contribution in [3.05, 3.63) is 75.1 Å². The van der Waals surface area contributed by atoms with Crippen LogP contribution in [0.2, 0.25) is 10.0 Å². The quantitative estimate of drug-likeness (QED) is 0.218. The van der Waals surface area contributed by atoms with E-state index in [0.717, 1.165) is 6.07 Å². The summed E-state index contributed by atoms with van der Waals surface area (Å²) in [5.41, 5.74) is 6.07. The van der Waals surface area contributed by atoms with E-state index in [1.54, 1.807) is 6.11 Å². The summed E-state index contributed by atoms with van der Waals surface area (Å²) in [5.74, 6) is -0.439. The maximum atomic E-state index is 14.0. The molecule has 0 unspecified atom stereocenters. The molecule has 9 nitrogen and oxygen atoms in total. The highest BCUT2D eigenvalue weighted by Crippen LogP contribution is 2.35. The average molecular weight is 503 g/mol. The molecular weight excluding hydrogens is 489 g/mol. The summed E-state index contributed by atoms with van der Waals surface area (Å²) < 4.78 is 19.9. The Bertz CT molecular complexity index is 1310. The summed E-state index contributed by atoms with van der Waals surface area (Å²) >= 11 is 12.3. The van der Waals surface area contributed by atoms with Crippen molar-refractivity contribution in [3.8, 4) is 17.7 Å². The van der Waals surface area contributed by atoms with Gasteiger partial charge in [-0.3, -0.25) is 4.79 Å². The molecule has 0 aliphatic rings. The number of halogens is 3. The second-order valence-electron chi connectivity index (χ2n) is 6.67. The Balaban J connectivity index is 1.89. The maximum absolute atomic E-state index is 14.0. The third-order valence-corrected chi connectivity index (χ3v) is 5.16. The Hall–Kier alpha value is -4.01. The molecule has 1 atom stereocenters. The summed E-state index contributed by atoms with van der Waals surface area (Å²) in [6.07, 6.45) is 1.72. The van der Waals surface area contributed by atoms with Crippen LogP contribution in [0.25, 0.3) is 0 Å². The van der Waals surface area contributed by atoms with Crippen molar-refractivity contribution >= 4 is 53.9 Å². The van der Waals surface area contributed by atoms with Crippen LogP contribution >= 0.6 is 23.2 Å². The van der Waals surface area contributed by atoms with Crippen LogP contribution in [0.1, 0.15) is 32.4 Å². The van der Waals surface area contributed by atoms with Crippen molar-refractivity contribution in [2.75, 3.05) is 11.1 Å². The van der Waals surface area contributed by atoms with Gasteiger partial charge in [-0.1, -0.05) is 23.2 Å². The van der Waals surface area contributed by atoms with E-state index >= 15 is 0 Å². The maximum Gasteiger partial charge on any atom is 0.335 e. The number of carboxylic acid groups (broad SMARTS) is 1. The SMILES string of the molecule is Nc1nnc(C(=O)Nc2ccc(C(=O)O)cc2)cc1O[C@H](BC#CO)c1c(Cl)ccc(F)c1Cl. The van der Waals surface area contributed by atoms with Crippen LogP contribution in [-0.4, -0.2) is 39.6 Å². The number of hydrogen-bond acceptors (Lipinski definition) is 7. The molecule has 3 aromatic rings. The number of nitrogens with one attached hydrogen (secondary N) is 1. The number of anilines is 2. The highest BCUT2D eigenvalue weighted by atomic mass is 35.5. The summed E-state index contributed by atoms with van der Waals surface area (Å²) in [6.45, 7) is 0. The van der Waals surface area contributed by atoms with Gasteiger partial charge in [-0.15, -0.1) is 16.0 Å². The van der Waals surface area contributed by atoms with Gasteiger partial charge in [0.2, 0.25) is 0 Å². The molecule has 1 aromatic heterocycles. The van der Waals surface area contributed by atoms with Crippen LogP contribution < -0.4 is 15.8 Å². The number of hydrogen-bond donors (Lipinski definition) is 4. The van der Waals surface area contributed by atoms with E-state index in [9.17, 15) is 14.0 Å². The molecule has 2 aromatic carbocycles. The first kappa shape index (κ1) is 24.6. The van der Waals surface area contributed by atoms with E-state index in [-0.39, 0.29) is 45.7 Å². The van der Waals surface area contributed by atoms with Gasteiger partial charge in [-0.05, 0) is 36.4 Å². The van der Waals surface area contributed by atoms with Crippen LogP contribution in [0.3, 0.4) is 0 Å². The molecule has 3 rings (SSSR count). The normalized spacial score (nSPS) is 11.0. The van der Waals surface area contributed by atoms with Crippen molar-refractivity contribution < 1.29 is 28.9 Å². The summed E-state index contributed by atoms with van der Waals surface area (Å²) in [7, 11) is -0.154. The lowest BCUT2D eigenvalue weighted by molar-refractivity contribution is 0.0696. The molecule has 1 heterocycles. The van der Waals surface area contributed by atoms with E-state index in [2.05, 4.69) is 21.3 Å². The molecule has 13 heteroatoms. The number of aromatic nitrogens is 2. The number of nitrogens with zero attached hydrogens (tertiary/aromatic N) is 2. The first-order chi connectivity index (χ1) is 16.2. The Morgan fingerprint density at radius 1 is 1.18 bits per heavy atom. The number of amides is 1. The number of carbonyl (C=O) groups excluding carboxylic acids is 1. The Kier molecular flexibility index (Phi) is 7.78. The lowest BCUT2D eigenvalue weighted by Gasteiger charge is -2.20. The summed E-state index contributed by atoms with van der Waals surface area (Å²) in [6, 6.07) is 7.92. The zero-order chi connectivity index (χ0) is 24.8. The predicted molar refractivity (Wildman–Crippen MR) is 124 cm³/mol. The molecule has 172 valence electrons. The summed E-state index contributed by atoms with van der Waals surface area (Å²) in [5, 5.41) is 27.6. The van der Waals surface area contributed by atoms with Gasteiger partial charge in [-0.25, -0.2) is 9.18 Å². The zero-order valence-electron chi connectivity index (χ0n) is 17.1. The number of aliphatic hydroxyl groups excluding tert-OH is 1. The first-order valence-corrected chi connectivity index (χ1v) is 10.2. The minimum atomic E-state index is -1.11. The average Bonchev–Trinajstić information content (AvgIpc) is 2.81. The standard InChI is InChI=1S/C21H14BCl2FN4O5/c23-12-5-6-13(25)17(24)16(12)18(22-7-8-30)34-15-9-14(28-29-19(15)26)20(31)27-11-3-1-10(2-4-11)21(32)33/h1-6,9,18,22,30H,(H2,26,29)(H,27,31)(H,32,33)/t18-/m0/s1. The number of carboxylic acids is 1. The van der Waals surface area contributed by atoms with Gasteiger partial charge in [0.1, 0.15) is 11.8 Å². The summed E-state index contributed by atoms with van der Waals surface area (Å²) in [4.78, 5) is 23.6. The molecule has 0 saturated heterocycles. The lowest BCUT2D eigenvalue weighted by atomic mass is 9.69. The van der Waals surface area contributed by atoms with Crippen LogP contribution in [0.15, 0.2) is 42.5 Å². The fraction of sp³-hybridized carbons (Fsp3) is 0.0476. The molecule has 0 aliphatic heterocycles. The van der Waals surface area contributed by atoms with Crippen LogP contribution in [0, 0.1) is 17.7 Å². The van der Waals surface area contributed by atoms with Crippen LogP contribution in [0.4, 0.5) is 15.9 Å². The van der Waals surface area contributed by atoms with Crippen molar-refractivity contribution in [3.63, 3.8) is 0 Å². The van der Waals surface area contributed by atoms with Crippen molar-refractivity contribution in [1.29, 1.82) is 0 Å². The molecule has 0 radical (unpaired) electrons. The van der Waals surface area contributed by atoms with E-state index in [0.29, 0.717) is 5.69 Å². The molecule has 34 heavy (non-hydrogen) atoms. The fourth-order valence-electron chi connectivity index (χ4n) is 2.81. The third-order valence-electron chi connectivity index (χ3n) is 4.45. The van der Waals surface area contributed by atoms with Gasteiger partial charge in [0.15, 0.2) is 17.3 Å². The fourth-order valence-corrected chi connectivity index (χ4v) is 3.43. The van der Waals surface area contributed by atoms with E-state index < -0.39 is 23.7 Å². The molecule has 0 fully saturated rings. The van der Waals surface area contributed by atoms with E-state index in [1.807, 2.05) is 0 Å². The van der Waals surface area contributed by atoms with E-state index in [4.69, 9.17) is 43.9 Å². The predicted octanol–water partition coefficient (Wildman–Crippen LogP) is 3.26. The van der Waals surface area contributed by atoms with Gasteiger partial charge in [0.25, 0.3) is 13.2 Å². The van der Waals surface area contributed by atoms with Crippen molar-refractivity contribution in [2.24, 2.45) is 0 Å². The van der Waals surface area contributed by atoms with E-state index in [1.165, 1.54) is 36.4 Å². The van der Waals surface area contributed by atoms with Gasteiger partial charge in [-0.2, -0.15) is 0 Å². The number of aliphatic hydroxyl groups is 1. The molecular formula is C21H14BCl2FN4O5. The van der Waals surface area contributed by atoms with Crippen LogP contribution in [-0.2, 0) is 0 Å². The Morgan fingerprint density at radius 3 is 2.53 bits per heavy atom. The number of aromatic carboxylic acids is 1. The van der Waals surface area contributed by atoms with Gasteiger partial charge >= 0.3 is 5.97 Å². The highest BCUT2D eigenvalue weighted by Gasteiger charge is 2.25. The minimum Gasteiger partial charge on any atom is -0.489 e. The van der Waals surface area contributed by atoms with Crippen molar-refractivity contribution in [1.82, 2.24) is 10.2 Å². The topological polar surface area (TPSA) is 148 Å². The molecule has 0 spiro atoms. The first-order valence-electron chi connectivity index (χ1n) is 9.41. The second kappa shape index (κ2) is 10.7. The Morgan fingerprint density at radius 2 is 1.88 bits per heavy atom. The number of ether oxygens (including phenoxy) is 1. The monoisotopic (exact) mass is 502 g/mol. The molecule has 0 bridgehead atoms. The number of nitrogens with two attached hydrogens (primary N) is 1. The highest BCUT2D eigenvalue weighted by molar-refractivity contribution is 6.49. The van der Waals surface area contributed by atoms with Gasteiger partial charge < -0.3 is 26.0 Å². The number of benzene rings is 2. The molecule has 1 amide bonds. The van der Waals surface area contributed by atoms with Gasteiger partial charge in [0.05, 0.1) is 16.7 Å². The van der Waals surface area contributed by atoms with Crippen molar-refractivity contribution in [2.45, 2.75) is 6.00 Å². The van der Waals surface area contributed by atoms with Gasteiger partial charge in [0, 0.05) is 22.3 Å². The molecule has 0 aliphatic carbocycles. The smallest absolute Gasteiger partial charge is 0.335 e. The zero-order valence-corrected chi connectivity index (χ0v) is 18.6. The number of rotatable bonds is 7. The number of carbonyl (C=O) groups is 2. The largest absolute Gasteiger partial charge is 0.489 e. The number of nitrogen functional groups attached to an aromatic ring is 1. The minimum absolute atomic E-state index is 0.0488. The molecule has 0 saturated carbocycles.